The number of benzene rings is 2. The summed E-state index contributed by atoms with van der Waals surface area (Å²) in [7, 11) is -3.39. The van der Waals surface area contributed by atoms with Gasteiger partial charge >= 0.3 is 13.6 Å². The molecule has 1 unspecified atom stereocenters. The molecule has 1 saturated heterocycles. The van der Waals surface area contributed by atoms with Crippen molar-refractivity contribution in [1.82, 2.24) is 9.55 Å². The van der Waals surface area contributed by atoms with Gasteiger partial charge in [0.2, 0.25) is 0 Å². The highest BCUT2D eigenvalue weighted by Gasteiger charge is 2.53. The number of aliphatic hydroxyl groups is 2. The van der Waals surface area contributed by atoms with Crippen molar-refractivity contribution < 1.29 is 40.8 Å². The normalized spacial score (nSPS) is 26.7. The Hall–Kier alpha value is -2.86. The lowest BCUT2D eigenvalue weighted by molar-refractivity contribution is -0.144. The van der Waals surface area contributed by atoms with Crippen LogP contribution in [0.1, 0.15) is 22.8 Å². The van der Waals surface area contributed by atoms with Crippen LogP contribution in [0.5, 0.6) is 5.75 Å². The van der Waals surface area contributed by atoms with Crippen molar-refractivity contribution >= 4 is 36.6 Å². The molecule has 13 heteroatoms. The largest absolute Gasteiger partial charge is 0.469 e. The fourth-order valence-corrected chi connectivity index (χ4v) is 6.10. The van der Waals surface area contributed by atoms with E-state index in [2.05, 4.69) is 4.98 Å². The van der Waals surface area contributed by atoms with E-state index in [0.717, 1.165) is 23.1 Å². The van der Waals surface area contributed by atoms with E-state index in [0.29, 0.717) is 5.39 Å². The second-order valence-corrected chi connectivity index (χ2v) is 11.4. The van der Waals surface area contributed by atoms with Crippen LogP contribution in [0.4, 0.5) is 0 Å². The Labute approximate surface area is 226 Å². The monoisotopic (exact) mass is 566 g/mol. The Bertz CT molecular complexity index is 1570. The van der Waals surface area contributed by atoms with Crippen LogP contribution in [0.3, 0.4) is 0 Å². The van der Waals surface area contributed by atoms with Gasteiger partial charge < -0.3 is 24.2 Å². The molecule has 1 aromatic heterocycles. The number of methoxy groups -OCH3 is 1. The van der Waals surface area contributed by atoms with Gasteiger partial charge in [0.05, 0.1) is 28.5 Å². The summed E-state index contributed by atoms with van der Waals surface area (Å²) in [4.78, 5) is 26.1. The van der Waals surface area contributed by atoms with Crippen LogP contribution in [0.15, 0.2) is 59.5 Å². The predicted octanol–water partition coefficient (Wildman–Crippen LogP) is 3.17. The maximum atomic E-state index is 14.2. The molecule has 0 aliphatic carbocycles. The van der Waals surface area contributed by atoms with Crippen molar-refractivity contribution in [3.63, 3.8) is 0 Å². The minimum atomic E-state index is -4.54. The van der Waals surface area contributed by atoms with E-state index in [1.165, 1.54) is 26.1 Å². The summed E-state index contributed by atoms with van der Waals surface area (Å²) in [5.74, 6) is -1.63. The van der Waals surface area contributed by atoms with E-state index in [-0.39, 0.29) is 10.5 Å². The first kappa shape index (κ1) is 25.4. The van der Waals surface area contributed by atoms with Gasteiger partial charge in [0.1, 0.15) is 23.6 Å². The van der Waals surface area contributed by atoms with Crippen LogP contribution in [-0.2, 0) is 23.4 Å². The van der Waals surface area contributed by atoms with Crippen molar-refractivity contribution in [3.8, 4) is 5.75 Å². The summed E-state index contributed by atoms with van der Waals surface area (Å²) in [6, 6.07) is 13.2. The molecule has 0 spiro atoms. The average Bonchev–Trinajstić information content (AvgIpc) is 3.12. The molecule has 1 fully saturated rings. The number of nitrogens with zero attached hydrogens (tertiary/aromatic N) is 1. The smallest absolute Gasteiger partial charge is 0.380 e. The summed E-state index contributed by atoms with van der Waals surface area (Å²) in [6.45, 7) is -0.418. The molecule has 0 bridgehead atoms. The van der Waals surface area contributed by atoms with Crippen LogP contribution in [0.2, 0.25) is 0 Å². The lowest BCUT2D eigenvalue weighted by Crippen LogP contribution is -2.44. The highest BCUT2D eigenvalue weighted by Crippen LogP contribution is 2.52. The zero-order valence-electron chi connectivity index (χ0n) is 22.8. The molecule has 2 aromatic carbocycles. The number of aliphatic hydroxyl groups excluding tert-OH is 1. The second-order valence-electron chi connectivity index (χ2n) is 9.09. The highest BCUT2D eigenvalue weighted by molar-refractivity contribution is 7.71. The number of H-pyrrole nitrogens is 1. The van der Waals surface area contributed by atoms with Crippen LogP contribution >= 0.6 is 19.8 Å². The number of carbonyl (C=O) groups excluding carboxylic acids is 1. The summed E-state index contributed by atoms with van der Waals surface area (Å²) in [5.41, 5.74) is -2.64. The number of hydrogen-bond donors (Lipinski definition) is 3. The summed E-state index contributed by atoms with van der Waals surface area (Å²) >= 11 is 5.13. The lowest BCUT2D eigenvalue weighted by Gasteiger charge is -2.28. The third kappa shape index (κ3) is 5.75. The molecule has 2 heterocycles. The highest BCUT2D eigenvalue weighted by atomic mass is 32.1. The third-order valence-electron chi connectivity index (χ3n) is 6.16. The first-order valence-corrected chi connectivity index (χ1v) is 13.7. The van der Waals surface area contributed by atoms with E-state index in [1.54, 1.807) is 36.4 Å². The van der Waals surface area contributed by atoms with Gasteiger partial charge in [-0.3, -0.25) is 23.7 Å². The minimum absolute atomic E-state index is 0.117. The molecule has 0 saturated carbocycles. The zero-order chi connectivity index (χ0) is 29.5. The van der Waals surface area contributed by atoms with E-state index in [4.69, 9.17) is 33.5 Å². The predicted molar refractivity (Wildman–Crippen MR) is 141 cm³/mol. The minimum Gasteiger partial charge on any atom is -0.469 e. The van der Waals surface area contributed by atoms with E-state index in [9.17, 15) is 24.4 Å². The molecule has 1 aliphatic rings. The van der Waals surface area contributed by atoms with Gasteiger partial charge in [-0.15, -0.1) is 0 Å². The van der Waals surface area contributed by atoms with E-state index < -0.39 is 61.8 Å². The zero-order valence-corrected chi connectivity index (χ0v) is 22.5. The molecule has 4 rings (SSSR count). The Morgan fingerprint density at radius 2 is 2.03 bits per heavy atom. The number of ether oxygens (including phenoxy) is 2. The van der Waals surface area contributed by atoms with Gasteiger partial charge in [-0.05, 0) is 30.6 Å². The van der Waals surface area contributed by atoms with Gasteiger partial charge in [0.15, 0.2) is 11.0 Å². The number of nitrogens with one attached hydrogen (secondary N) is 1. The summed E-state index contributed by atoms with van der Waals surface area (Å²) in [5, 5.41) is 23.3. The maximum absolute atomic E-state index is 14.2. The van der Waals surface area contributed by atoms with Crippen molar-refractivity contribution in [2.24, 2.45) is 5.92 Å². The van der Waals surface area contributed by atoms with E-state index >= 15 is 0 Å². The molecule has 6 atom stereocenters. The number of aromatic amines is 1. The van der Waals surface area contributed by atoms with Crippen LogP contribution in [0.25, 0.3) is 10.8 Å². The fourth-order valence-electron chi connectivity index (χ4n) is 4.12. The molecule has 38 heavy (non-hydrogen) atoms. The molecule has 3 N–H and O–H groups in total. The lowest BCUT2D eigenvalue weighted by atomic mass is 9.96. The van der Waals surface area contributed by atoms with Crippen molar-refractivity contribution in [2.45, 2.75) is 37.9 Å². The number of rotatable bonds is 9. The van der Waals surface area contributed by atoms with Gasteiger partial charge in [-0.1, -0.05) is 43.3 Å². The summed E-state index contributed by atoms with van der Waals surface area (Å²) in [6.07, 6.45) is -4.62. The maximum Gasteiger partial charge on any atom is 0.380 e. The topological polar surface area (TPSA) is 149 Å². The third-order valence-corrected chi connectivity index (χ3v) is 8.33. The molecule has 0 amide bonds. The molecular formula is C25H29N2O9PS. The first-order chi connectivity index (χ1) is 18.7. The molecule has 3 aromatic rings. The number of aromatic nitrogens is 2. The standard InChI is InChI=1S/C25H29N2O9PS/c1-15(22(30)33-3)14-37(32,36-18-10-6-8-16-7-4-5-9-17(16)18)34-13-19-21(29)25(2,31)23(35-19)27-12-11-20(28)26-24(27)38/h4-12,15,19,21,23,29,31H,13-14H2,1-3H3,(H,26,28,38)/t15-,19-,21+,23-,25?,37-/m1/s1/i13D2. The number of fused-ring (bicyclic) bond motifs is 1. The Balaban J connectivity index is 1.70. The van der Waals surface area contributed by atoms with Crippen LogP contribution in [0, 0.1) is 10.7 Å². The van der Waals surface area contributed by atoms with Gasteiger partial charge in [-0.2, -0.15) is 0 Å². The van der Waals surface area contributed by atoms with E-state index in [1.807, 2.05) is 0 Å². The molecule has 1 aliphatic heterocycles. The molecular weight excluding hydrogens is 535 g/mol. The van der Waals surface area contributed by atoms with Gasteiger partial charge in [-0.25, -0.2) is 4.57 Å². The van der Waals surface area contributed by atoms with Crippen LogP contribution in [-0.4, -0.2) is 63.4 Å². The summed E-state index contributed by atoms with van der Waals surface area (Å²) < 4.78 is 54.2. The number of esters is 1. The number of carbonyl (C=O) groups is 1. The fraction of sp³-hybridized carbons (Fsp3) is 0.400. The Morgan fingerprint density at radius 3 is 2.74 bits per heavy atom. The molecule has 204 valence electrons. The average molecular weight is 567 g/mol. The quantitative estimate of drug-likeness (QED) is 0.200. The SMILES string of the molecule is [2H]C([2H])(O[P@](=O)(C[C@@H](C)C(=O)OC)Oc1cccc2ccccc12)[C@H]1O[C@@H](n2ccc(=O)[nH]c2=S)C(C)(O)[C@H]1O. The van der Waals surface area contributed by atoms with Crippen molar-refractivity contribution in [3.05, 3.63) is 69.9 Å². The van der Waals surface area contributed by atoms with Crippen molar-refractivity contribution in [1.29, 1.82) is 0 Å². The molecule has 11 nitrogen and oxygen atoms in total. The van der Waals surface area contributed by atoms with Gasteiger partial charge in [0, 0.05) is 17.6 Å². The Morgan fingerprint density at radius 1 is 1.32 bits per heavy atom. The molecule has 0 radical (unpaired) electrons. The van der Waals surface area contributed by atoms with Crippen LogP contribution < -0.4 is 10.1 Å². The van der Waals surface area contributed by atoms with Crippen molar-refractivity contribution in [2.75, 3.05) is 19.8 Å². The first-order valence-electron chi connectivity index (χ1n) is 12.6. The second kappa shape index (κ2) is 11.1. The van der Waals surface area contributed by atoms with Gasteiger partial charge in [0.25, 0.3) is 5.56 Å². The Kier molecular flexibility index (Phi) is 7.42. The number of hydrogen-bond acceptors (Lipinski definition) is 10.